The number of nitrogens with one attached hydrogen (secondary N) is 1. The number of halogens is 2. The molecule has 6 nitrogen and oxygen atoms in total. The number of fused-ring (bicyclic) bond motifs is 1. The van der Waals surface area contributed by atoms with Crippen molar-refractivity contribution in [2.45, 2.75) is 44.3 Å². The number of ether oxygens (including phenoxy) is 2. The molecule has 0 bridgehead atoms. The number of methoxy groups -OCH3 is 1. The first-order valence-electron chi connectivity index (χ1n) is 11.4. The lowest BCUT2D eigenvalue weighted by Crippen LogP contribution is -2.49. The fraction of sp³-hybridized carbons (Fsp3) is 0.286. The SMILES string of the molecule is COc1ccc(F)cc1C(C)(C)CC(O)(Cc1cccc(F)c1)C(=O)Nc1ccc2c(c1)COC2=O. The van der Waals surface area contributed by atoms with Gasteiger partial charge in [0.15, 0.2) is 0 Å². The van der Waals surface area contributed by atoms with E-state index in [9.17, 15) is 23.5 Å². The number of rotatable bonds is 8. The van der Waals surface area contributed by atoms with Gasteiger partial charge in [-0.3, -0.25) is 4.79 Å². The maximum atomic E-state index is 14.1. The highest BCUT2D eigenvalue weighted by Crippen LogP contribution is 2.40. The summed E-state index contributed by atoms with van der Waals surface area (Å²) in [6, 6.07) is 14.4. The number of benzene rings is 3. The highest BCUT2D eigenvalue weighted by atomic mass is 19.1. The number of aliphatic hydroxyl groups is 1. The fourth-order valence-corrected chi connectivity index (χ4v) is 4.70. The molecule has 1 amide bonds. The first-order valence-corrected chi connectivity index (χ1v) is 11.4. The third kappa shape index (κ3) is 5.23. The summed E-state index contributed by atoms with van der Waals surface area (Å²) in [5, 5.41) is 14.5. The molecule has 1 aliphatic heterocycles. The minimum absolute atomic E-state index is 0.0951. The third-order valence-electron chi connectivity index (χ3n) is 6.38. The Hall–Kier alpha value is -3.78. The summed E-state index contributed by atoms with van der Waals surface area (Å²) >= 11 is 0. The Morgan fingerprint density at radius 2 is 1.83 bits per heavy atom. The van der Waals surface area contributed by atoms with Crippen LogP contribution in [0.15, 0.2) is 60.7 Å². The zero-order valence-electron chi connectivity index (χ0n) is 20.2. The Morgan fingerprint density at radius 3 is 2.56 bits per heavy atom. The van der Waals surface area contributed by atoms with Crippen molar-refractivity contribution in [2.24, 2.45) is 0 Å². The zero-order chi connectivity index (χ0) is 26.1. The Balaban J connectivity index is 1.69. The van der Waals surface area contributed by atoms with Crippen LogP contribution in [0.2, 0.25) is 0 Å². The van der Waals surface area contributed by atoms with Crippen molar-refractivity contribution in [3.8, 4) is 5.75 Å². The molecule has 3 aromatic rings. The van der Waals surface area contributed by atoms with Crippen molar-refractivity contribution in [3.05, 3.63) is 94.6 Å². The quantitative estimate of drug-likeness (QED) is 0.433. The van der Waals surface area contributed by atoms with Crippen LogP contribution in [0, 0.1) is 11.6 Å². The summed E-state index contributed by atoms with van der Waals surface area (Å²) in [6.45, 7) is 3.64. The first kappa shape index (κ1) is 25.3. The van der Waals surface area contributed by atoms with E-state index < -0.39 is 34.5 Å². The van der Waals surface area contributed by atoms with Crippen molar-refractivity contribution in [1.82, 2.24) is 0 Å². The van der Waals surface area contributed by atoms with Crippen molar-refractivity contribution >= 4 is 17.6 Å². The number of hydrogen-bond acceptors (Lipinski definition) is 5. The van der Waals surface area contributed by atoms with Crippen molar-refractivity contribution in [1.29, 1.82) is 0 Å². The molecule has 0 saturated carbocycles. The lowest BCUT2D eigenvalue weighted by Gasteiger charge is -2.36. The van der Waals surface area contributed by atoms with Crippen LogP contribution in [-0.2, 0) is 28.0 Å². The molecule has 0 aromatic heterocycles. The van der Waals surface area contributed by atoms with Gasteiger partial charge in [-0.05, 0) is 65.9 Å². The van der Waals surface area contributed by atoms with Crippen LogP contribution < -0.4 is 10.1 Å². The largest absolute Gasteiger partial charge is 0.496 e. The highest BCUT2D eigenvalue weighted by Gasteiger charge is 2.43. The van der Waals surface area contributed by atoms with Gasteiger partial charge in [0.25, 0.3) is 5.91 Å². The van der Waals surface area contributed by atoms with Crippen LogP contribution in [0.3, 0.4) is 0 Å². The Morgan fingerprint density at radius 1 is 1.08 bits per heavy atom. The predicted octanol–water partition coefficient (Wildman–Crippen LogP) is 4.92. The van der Waals surface area contributed by atoms with Crippen LogP contribution in [0.5, 0.6) is 5.75 Å². The molecule has 0 saturated heterocycles. The number of esters is 1. The van der Waals surface area contributed by atoms with Gasteiger partial charge >= 0.3 is 5.97 Å². The fourth-order valence-electron chi connectivity index (χ4n) is 4.70. The third-order valence-corrected chi connectivity index (χ3v) is 6.38. The summed E-state index contributed by atoms with van der Waals surface area (Å²) < 4.78 is 38.5. The molecule has 188 valence electrons. The molecular weight excluding hydrogens is 468 g/mol. The second kappa shape index (κ2) is 9.70. The number of cyclic esters (lactones) is 1. The Bertz CT molecular complexity index is 1320. The van der Waals surface area contributed by atoms with E-state index in [-0.39, 0.29) is 19.4 Å². The van der Waals surface area contributed by atoms with Gasteiger partial charge in [-0.15, -0.1) is 0 Å². The molecule has 0 fully saturated rings. The van der Waals surface area contributed by atoms with Gasteiger partial charge in [-0.1, -0.05) is 26.0 Å². The zero-order valence-corrected chi connectivity index (χ0v) is 20.2. The van der Waals surface area contributed by atoms with Crippen LogP contribution in [0.1, 0.15) is 47.3 Å². The molecule has 2 N–H and O–H groups in total. The monoisotopic (exact) mass is 495 g/mol. The van der Waals surface area contributed by atoms with Crippen LogP contribution in [0.25, 0.3) is 0 Å². The van der Waals surface area contributed by atoms with E-state index >= 15 is 0 Å². The van der Waals surface area contributed by atoms with Gasteiger partial charge in [0.1, 0.15) is 29.6 Å². The maximum absolute atomic E-state index is 14.1. The van der Waals surface area contributed by atoms with Gasteiger partial charge < -0.3 is 19.9 Å². The number of hydrogen-bond donors (Lipinski definition) is 2. The van der Waals surface area contributed by atoms with Crippen molar-refractivity contribution in [2.75, 3.05) is 12.4 Å². The smallest absolute Gasteiger partial charge is 0.338 e. The summed E-state index contributed by atoms with van der Waals surface area (Å²) in [6.07, 6.45) is -0.321. The predicted molar refractivity (Wildman–Crippen MR) is 130 cm³/mol. The van der Waals surface area contributed by atoms with Crippen molar-refractivity contribution < 1.29 is 33.0 Å². The summed E-state index contributed by atoms with van der Waals surface area (Å²) in [5.41, 5.74) is -0.633. The van der Waals surface area contributed by atoms with Gasteiger partial charge in [-0.2, -0.15) is 0 Å². The minimum atomic E-state index is -2.01. The van der Waals surface area contributed by atoms with E-state index in [1.54, 1.807) is 38.1 Å². The van der Waals surface area contributed by atoms with Crippen molar-refractivity contribution in [3.63, 3.8) is 0 Å². The molecule has 0 spiro atoms. The summed E-state index contributed by atoms with van der Waals surface area (Å²) in [5.74, 6) is -1.72. The van der Waals surface area contributed by atoms with Gasteiger partial charge in [0.2, 0.25) is 0 Å². The average molecular weight is 496 g/mol. The average Bonchev–Trinajstić information content (AvgIpc) is 3.18. The molecule has 1 atom stereocenters. The number of anilines is 1. The molecule has 4 rings (SSSR count). The van der Waals surface area contributed by atoms with E-state index in [1.165, 1.54) is 43.5 Å². The molecule has 8 heteroatoms. The maximum Gasteiger partial charge on any atom is 0.338 e. The van der Waals surface area contributed by atoms with E-state index in [4.69, 9.17) is 9.47 Å². The minimum Gasteiger partial charge on any atom is -0.496 e. The number of amides is 1. The lowest BCUT2D eigenvalue weighted by molar-refractivity contribution is -0.136. The summed E-state index contributed by atoms with van der Waals surface area (Å²) in [7, 11) is 1.46. The van der Waals surface area contributed by atoms with E-state index in [0.29, 0.717) is 33.7 Å². The van der Waals surface area contributed by atoms with Gasteiger partial charge in [0.05, 0.1) is 12.7 Å². The molecule has 0 aliphatic carbocycles. The second-order valence-corrected chi connectivity index (χ2v) is 9.65. The standard InChI is InChI=1S/C28H27F2NO5/c1-27(2,23-13-20(30)7-10-24(23)35-3)16-28(34,14-17-5-4-6-19(29)11-17)26(33)31-21-8-9-22-18(12-21)15-36-25(22)32/h4-13,34H,14-16H2,1-3H3,(H,31,33). The second-order valence-electron chi connectivity index (χ2n) is 9.65. The number of carbonyl (C=O) groups is 2. The van der Waals surface area contributed by atoms with E-state index in [2.05, 4.69) is 5.32 Å². The van der Waals surface area contributed by atoms with Crippen LogP contribution in [0.4, 0.5) is 14.5 Å². The topological polar surface area (TPSA) is 84.9 Å². The number of carbonyl (C=O) groups excluding carboxylic acids is 2. The normalized spacial score (nSPS) is 14.6. The molecule has 3 aromatic carbocycles. The molecule has 0 radical (unpaired) electrons. The molecule has 1 aliphatic rings. The lowest BCUT2D eigenvalue weighted by atomic mass is 9.72. The van der Waals surface area contributed by atoms with Crippen LogP contribution >= 0.6 is 0 Å². The van der Waals surface area contributed by atoms with E-state index in [0.717, 1.165) is 0 Å². The molecule has 36 heavy (non-hydrogen) atoms. The van der Waals surface area contributed by atoms with Crippen LogP contribution in [-0.4, -0.2) is 29.7 Å². The molecular formula is C28H27F2NO5. The van der Waals surface area contributed by atoms with Gasteiger partial charge in [0, 0.05) is 23.2 Å². The first-order chi connectivity index (χ1) is 17.0. The Kier molecular flexibility index (Phi) is 6.82. The molecule has 1 unspecified atom stereocenters. The van der Waals surface area contributed by atoms with Gasteiger partial charge in [-0.25, -0.2) is 13.6 Å². The highest BCUT2D eigenvalue weighted by molar-refractivity contribution is 5.99. The molecule has 1 heterocycles. The van der Waals surface area contributed by atoms with E-state index in [1.807, 2.05) is 0 Å². The Labute approximate surface area is 207 Å². The summed E-state index contributed by atoms with van der Waals surface area (Å²) in [4.78, 5) is 25.3.